The maximum atomic E-state index is 11.1. The predicted molar refractivity (Wildman–Crippen MR) is 56.7 cm³/mol. The molecule has 12 heavy (non-hydrogen) atoms. The number of ether oxygens (including phenoxy) is 1. The van der Waals surface area contributed by atoms with Gasteiger partial charge in [0.15, 0.2) is 0 Å². The molecule has 4 heteroatoms. The highest BCUT2D eigenvalue weighted by atomic mass is 32.2. The van der Waals surface area contributed by atoms with Crippen molar-refractivity contribution < 1.29 is 9.53 Å². The van der Waals surface area contributed by atoms with Crippen molar-refractivity contribution in [3.63, 3.8) is 0 Å². The normalized spacial score (nSPS) is 11.3. The minimum absolute atomic E-state index is 0.0355. The van der Waals surface area contributed by atoms with Crippen LogP contribution in [0.25, 0.3) is 0 Å². The number of rotatable bonds is 5. The summed E-state index contributed by atoms with van der Waals surface area (Å²) in [6.45, 7) is 4.35. The molecule has 0 rings (SSSR count). The van der Waals surface area contributed by atoms with Crippen molar-refractivity contribution in [1.29, 1.82) is 0 Å². The molecule has 0 heterocycles. The van der Waals surface area contributed by atoms with Crippen LogP contribution in [0.3, 0.4) is 0 Å². The summed E-state index contributed by atoms with van der Waals surface area (Å²) in [5, 5.41) is 0. The van der Waals surface area contributed by atoms with E-state index in [1.165, 1.54) is 0 Å². The van der Waals surface area contributed by atoms with Crippen LogP contribution in [0.5, 0.6) is 0 Å². The average Bonchev–Trinajstić information content (AvgIpc) is 2.05. The average molecular weight is 208 g/mol. The standard InChI is InChI=1S/C8H16O2S2/c1-5-10-7(9)6-8(2,11-3)12-4/h5-6H2,1-4H3. The summed E-state index contributed by atoms with van der Waals surface area (Å²) in [5.74, 6) is -0.108. The molecule has 0 aliphatic heterocycles. The van der Waals surface area contributed by atoms with Gasteiger partial charge in [-0.1, -0.05) is 0 Å². The van der Waals surface area contributed by atoms with Crippen LogP contribution in [0.4, 0.5) is 0 Å². The first-order valence-corrected chi connectivity index (χ1v) is 6.29. The van der Waals surface area contributed by atoms with Crippen LogP contribution in [-0.2, 0) is 9.53 Å². The first-order valence-electron chi connectivity index (χ1n) is 3.84. The zero-order valence-corrected chi connectivity index (χ0v) is 9.68. The van der Waals surface area contributed by atoms with Crippen LogP contribution in [0.15, 0.2) is 0 Å². The molecule has 0 N–H and O–H groups in total. The van der Waals surface area contributed by atoms with Gasteiger partial charge in [-0.2, -0.15) is 0 Å². The number of carbonyl (C=O) groups excluding carboxylic acids is 1. The summed E-state index contributed by atoms with van der Waals surface area (Å²) in [6, 6.07) is 0. The van der Waals surface area contributed by atoms with E-state index in [1.54, 1.807) is 23.5 Å². The molecule has 0 aromatic heterocycles. The van der Waals surface area contributed by atoms with Crippen LogP contribution in [0, 0.1) is 0 Å². The first-order chi connectivity index (χ1) is 5.58. The Kier molecular flexibility index (Phi) is 5.84. The van der Waals surface area contributed by atoms with Gasteiger partial charge < -0.3 is 4.74 Å². The second-order valence-electron chi connectivity index (χ2n) is 2.52. The highest BCUT2D eigenvalue weighted by molar-refractivity contribution is 8.17. The van der Waals surface area contributed by atoms with Gasteiger partial charge in [-0.3, -0.25) is 4.79 Å². The Hall–Kier alpha value is 0.170. The molecule has 2 nitrogen and oxygen atoms in total. The Bertz CT molecular complexity index is 144. The van der Waals surface area contributed by atoms with Crippen molar-refractivity contribution in [3.05, 3.63) is 0 Å². The summed E-state index contributed by atoms with van der Waals surface area (Å²) in [5.41, 5.74) is 0. The van der Waals surface area contributed by atoms with Crippen LogP contribution in [0.1, 0.15) is 20.3 Å². The number of thioether (sulfide) groups is 2. The Morgan fingerprint density at radius 2 is 1.92 bits per heavy atom. The Morgan fingerprint density at radius 3 is 2.25 bits per heavy atom. The fourth-order valence-corrected chi connectivity index (χ4v) is 1.89. The largest absolute Gasteiger partial charge is 0.466 e. The third-order valence-corrected chi connectivity index (χ3v) is 4.65. The summed E-state index contributed by atoms with van der Waals surface area (Å²) < 4.78 is 4.84. The molecular weight excluding hydrogens is 192 g/mol. The lowest BCUT2D eigenvalue weighted by Crippen LogP contribution is -2.21. The molecule has 0 saturated carbocycles. The zero-order chi connectivity index (χ0) is 9.61. The van der Waals surface area contributed by atoms with E-state index >= 15 is 0 Å². The first kappa shape index (κ1) is 12.2. The van der Waals surface area contributed by atoms with Crippen LogP contribution in [0.2, 0.25) is 0 Å². The van der Waals surface area contributed by atoms with Crippen molar-refractivity contribution in [1.82, 2.24) is 0 Å². The lowest BCUT2D eigenvalue weighted by atomic mass is 10.3. The van der Waals surface area contributed by atoms with Gasteiger partial charge in [-0.05, 0) is 26.4 Å². The van der Waals surface area contributed by atoms with E-state index in [0.29, 0.717) is 13.0 Å². The molecule has 0 radical (unpaired) electrons. The van der Waals surface area contributed by atoms with E-state index < -0.39 is 0 Å². The summed E-state index contributed by atoms with van der Waals surface area (Å²) in [4.78, 5) is 11.1. The molecule has 0 spiro atoms. The number of esters is 1. The third kappa shape index (κ3) is 4.26. The molecule has 0 saturated heterocycles. The molecular formula is C8H16O2S2. The maximum Gasteiger partial charge on any atom is 0.308 e. The number of carbonyl (C=O) groups is 1. The van der Waals surface area contributed by atoms with Crippen molar-refractivity contribution in [2.24, 2.45) is 0 Å². The molecule has 0 aromatic rings. The molecule has 0 unspecified atom stereocenters. The predicted octanol–water partition coefficient (Wildman–Crippen LogP) is 2.38. The van der Waals surface area contributed by atoms with Gasteiger partial charge in [0, 0.05) is 0 Å². The van der Waals surface area contributed by atoms with Crippen molar-refractivity contribution in [2.45, 2.75) is 24.3 Å². The molecule has 72 valence electrons. The van der Waals surface area contributed by atoms with E-state index in [1.807, 2.05) is 19.4 Å². The van der Waals surface area contributed by atoms with Crippen LogP contribution >= 0.6 is 23.5 Å². The number of hydrogen-bond donors (Lipinski definition) is 0. The van der Waals surface area contributed by atoms with Gasteiger partial charge in [0.25, 0.3) is 0 Å². The molecule has 0 aliphatic rings. The van der Waals surface area contributed by atoms with E-state index in [-0.39, 0.29) is 10.0 Å². The zero-order valence-electron chi connectivity index (χ0n) is 8.05. The van der Waals surface area contributed by atoms with Crippen LogP contribution < -0.4 is 0 Å². The summed E-state index contributed by atoms with van der Waals surface area (Å²) >= 11 is 3.38. The third-order valence-electron chi connectivity index (χ3n) is 1.63. The maximum absolute atomic E-state index is 11.1. The molecule has 0 amide bonds. The summed E-state index contributed by atoms with van der Waals surface area (Å²) in [6.07, 6.45) is 4.49. The van der Waals surface area contributed by atoms with Gasteiger partial charge in [-0.25, -0.2) is 0 Å². The highest BCUT2D eigenvalue weighted by Crippen LogP contribution is 2.36. The van der Waals surface area contributed by atoms with Gasteiger partial charge in [-0.15, -0.1) is 23.5 Å². The lowest BCUT2D eigenvalue weighted by Gasteiger charge is -2.23. The second kappa shape index (κ2) is 5.75. The van der Waals surface area contributed by atoms with Gasteiger partial charge in [0.2, 0.25) is 0 Å². The minimum atomic E-state index is -0.108. The van der Waals surface area contributed by atoms with Crippen molar-refractivity contribution in [3.8, 4) is 0 Å². The Balaban J connectivity index is 3.93. The van der Waals surface area contributed by atoms with E-state index in [2.05, 4.69) is 6.92 Å². The van der Waals surface area contributed by atoms with Gasteiger partial charge in [0.05, 0.1) is 17.1 Å². The Labute approximate surface area is 82.8 Å². The molecule has 0 bridgehead atoms. The fourth-order valence-electron chi connectivity index (χ4n) is 0.702. The van der Waals surface area contributed by atoms with Crippen molar-refractivity contribution in [2.75, 3.05) is 19.1 Å². The fraction of sp³-hybridized carbons (Fsp3) is 0.875. The molecule has 0 aliphatic carbocycles. The SMILES string of the molecule is CCOC(=O)CC(C)(SC)SC. The van der Waals surface area contributed by atoms with E-state index in [9.17, 15) is 4.79 Å². The van der Waals surface area contributed by atoms with Crippen molar-refractivity contribution >= 4 is 29.5 Å². The smallest absolute Gasteiger partial charge is 0.308 e. The van der Waals surface area contributed by atoms with Gasteiger partial charge >= 0.3 is 5.97 Å². The second-order valence-corrected chi connectivity index (χ2v) is 5.40. The Morgan fingerprint density at radius 1 is 1.42 bits per heavy atom. The lowest BCUT2D eigenvalue weighted by molar-refractivity contribution is -0.143. The molecule has 0 aromatic carbocycles. The molecule has 0 fully saturated rings. The van der Waals surface area contributed by atoms with E-state index in [0.717, 1.165) is 0 Å². The monoisotopic (exact) mass is 208 g/mol. The topological polar surface area (TPSA) is 26.3 Å². The quantitative estimate of drug-likeness (QED) is 0.512. The summed E-state index contributed by atoms with van der Waals surface area (Å²) in [7, 11) is 0. The van der Waals surface area contributed by atoms with Gasteiger partial charge in [0.1, 0.15) is 0 Å². The highest BCUT2D eigenvalue weighted by Gasteiger charge is 2.25. The minimum Gasteiger partial charge on any atom is -0.466 e. The van der Waals surface area contributed by atoms with E-state index in [4.69, 9.17) is 4.74 Å². The van der Waals surface area contributed by atoms with Crippen LogP contribution in [-0.4, -0.2) is 29.2 Å². The molecule has 0 atom stereocenters. The number of hydrogen-bond acceptors (Lipinski definition) is 4.